The number of aliphatic hydroxyl groups is 2. The van der Waals surface area contributed by atoms with Gasteiger partial charge in [-0.25, -0.2) is 0 Å². The van der Waals surface area contributed by atoms with E-state index in [0.29, 0.717) is 26.1 Å². The Hall–Kier alpha value is -1.63. The second-order valence-electron chi connectivity index (χ2n) is 4.66. The number of rotatable bonds is 9. The van der Waals surface area contributed by atoms with E-state index in [2.05, 4.69) is 0 Å². The van der Waals surface area contributed by atoms with Gasteiger partial charge in [-0.3, -0.25) is 4.79 Å². The van der Waals surface area contributed by atoms with E-state index in [1.165, 1.54) is 0 Å². The number of carbonyl (C=O) groups excluding carboxylic acids is 1. The number of aliphatic hydroxyl groups excluding tert-OH is 2. The maximum absolute atomic E-state index is 11.5. The van der Waals surface area contributed by atoms with E-state index in [0.717, 1.165) is 11.3 Å². The van der Waals surface area contributed by atoms with Crippen LogP contribution in [0.25, 0.3) is 0 Å². The number of carbonyl (C=O) groups is 1. The van der Waals surface area contributed by atoms with Gasteiger partial charge >= 0.3 is 5.97 Å². The highest BCUT2D eigenvalue weighted by Crippen LogP contribution is 2.15. The summed E-state index contributed by atoms with van der Waals surface area (Å²) < 4.78 is 4.87. The van der Waals surface area contributed by atoms with Gasteiger partial charge in [0.05, 0.1) is 19.8 Å². The van der Waals surface area contributed by atoms with Crippen LogP contribution < -0.4 is 10.6 Å². The van der Waals surface area contributed by atoms with Crippen molar-refractivity contribution in [2.24, 2.45) is 5.73 Å². The third-order valence-electron chi connectivity index (χ3n) is 3.09. The molecule has 6 nitrogen and oxygen atoms in total. The van der Waals surface area contributed by atoms with Crippen LogP contribution in [0.5, 0.6) is 0 Å². The predicted molar refractivity (Wildman–Crippen MR) is 81.1 cm³/mol. The number of hydrogen-bond donors (Lipinski definition) is 3. The first-order valence-corrected chi connectivity index (χ1v) is 7.10. The summed E-state index contributed by atoms with van der Waals surface area (Å²) in [6.45, 7) is 3.04. The summed E-state index contributed by atoms with van der Waals surface area (Å²) in [5.41, 5.74) is 7.62. The van der Waals surface area contributed by atoms with Gasteiger partial charge in [-0.15, -0.1) is 0 Å². The molecule has 1 rings (SSSR count). The lowest BCUT2D eigenvalue weighted by Crippen LogP contribution is -2.34. The number of nitrogens with two attached hydrogens (primary N) is 1. The summed E-state index contributed by atoms with van der Waals surface area (Å²) in [6, 6.07) is 6.88. The Morgan fingerprint density at radius 3 is 2.29 bits per heavy atom. The zero-order chi connectivity index (χ0) is 15.7. The molecule has 0 radical (unpaired) electrons. The Balaban J connectivity index is 2.66. The summed E-state index contributed by atoms with van der Waals surface area (Å²) >= 11 is 0. The summed E-state index contributed by atoms with van der Waals surface area (Å²) in [5, 5.41) is 18.0. The molecule has 0 fully saturated rings. The minimum atomic E-state index is -0.665. The van der Waals surface area contributed by atoms with Gasteiger partial charge in [-0.1, -0.05) is 12.1 Å². The van der Waals surface area contributed by atoms with Crippen molar-refractivity contribution in [3.63, 3.8) is 0 Å². The molecular formula is C15H24N2O4. The highest BCUT2D eigenvalue weighted by Gasteiger charge is 2.15. The second kappa shape index (κ2) is 9.33. The van der Waals surface area contributed by atoms with E-state index in [4.69, 9.17) is 20.7 Å². The molecule has 0 spiro atoms. The van der Waals surface area contributed by atoms with Gasteiger partial charge in [0, 0.05) is 18.8 Å². The average molecular weight is 296 g/mol. The van der Waals surface area contributed by atoms with E-state index >= 15 is 0 Å². The van der Waals surface area contributed by atoms with Crippen molar-refractivity contribution in [1.82, 2.24) is 0 Å². The molecule has 6 heteroatoms. The lowest BCUT2D eigenvalue weighted by atomic mass is 10.1. The first-order valence-electron chi connectivity index (χ1n) is 7.10. The van der Waals surface area contributed by atoms with E-state index < -0.39 is 12.0 Å². The maximum Gasteiger partial charge on any atom is 0.323 e. The van der Waals surface area contributed by atoms with Crippen molar-refractivity contribution in [2.75, 3.05) is 37.8 Å². The highest BCUT2D eigenvalue weighted by atomic mass is 16.5. The Labute approximate surface area is 125 Å². The summed E-state index contributed by atoms with van der Waals surface area (Å²) in [4.78, 5) is 13.4. The van der Waals surface area contributed by atoms with Crippen LogP contribution >= 0.6 is 0 Å². The molecule has 0 aliphatic rings. The fraction of sp³-hybridized carbons (Fsp3) is 0.533. The third-order valence-corrected chi connectivity index (χ3v) is 3.09. The van der Waals surface area contributed by atoms with Crippen LogP contribution in [0.3, 0.4) is 0 Å². The minimum absolute atomic E-state index is 0.0233. The van der Waals surface area contributed by atoms with Crippen LogP contribution in [0, 0.1) is 0 Å². The molecule has 0 saturated heterocycles. The van der Waals surface area contributed by atoms with Crippen LogP contribution in [0.2, 0.25) is 0 Å². The van der Waals surface area contributed by atoms with E-state index in [9.17, 15) is 4.79 Å². The van der Waals surface area contributed by atoms with E-state index in [1.807, 2.05) is 29.2 Å². The monoisotopic (exact) mass is 296 g/mol. The first-order chi connectivity index (χ1) is 10.1. The number of hydrogen-bond acceptors (Lipinski definition) is 6. The van der Waals surface area contributed by atoms with Crippen molar-refractivity contribution in [2.45, 2.75) is 19.4 Å². The number of esters is 1. The molecule has 0 unspecified atom stereocenters. The van der Waals surface area contributed by atoms with Gasteiger partial charge in [0.15, 0.2) is 0 Å². The summed E-state index contributed by atoms with van der Waals surface area (Å²) in [5.74, 6) is -0.399. The van der Waals surface area contributed by atoms with Crippen molar-refractivity contribution >= 4 is 11.7 Å². The molecule has 0 aromatic heterocycles. The number of nitrogens with zero attached hydrogens (tertiary/aromatic N) is 1. The topological polar surface area (TPSA) is 96.0 Å². The molecule has 4 N–H and O–H groups in total. The molecule has 0 bridgehead atoms. The van der Waals surface area contributed by atoms with Crippen LogP contribution in [0.4, 0.5) is 5.69 Å². The fourth-order valence-electron chi connectivity index (χ4n) is 2.04. The van der Waals surface area contributed by atoms with Gasteiger partial charge in [0.25, 0.3) is 0 Å². The average Bonchev–Trinajstić information content (AvgIpc) is 2.48. The molecule has 0 amide bonds. The van der Waals surface area contributed by atoms with Crippen LogP contribution in [0.15, 0.2) is 24.3 Å². The molecule has 1 aromatic carbocycles. The second-order valence-corrected chi connectivity index (χ2v) is 4.66. The zero-order valence-electron chi connectivity index (χ0n) is 12.4. The van der Waals surface area contributed by atoms with Gasteiger partial charge in [0.2, 0.25) is 0 Å². The van der Waals surface area contributed by atoms with Crippen LogP contribution in [0.1, 0.15) is 12.5 Å². The molecule has 1 aromatic rings. The number of benzene rings is 1. The Morgan fingerprint density at radius 1 is 1.24 bits per heavy atom. The minimum Gasteiger partial charge on any atom is -0.465 e. The van der Waals surface area contributed by atoms with Gasteiger partial charge < -0.3 is 25.6 Å². The summed E-state index contributed by atoms with van der Waals surface area (Å²) in [7, 11) is 0. The molecule has 0 aliphatic carbocycles. The predicted octanol–water partition coefficient (Wildman–Crippen LogP) is -0.0895. The van der Waals surface area contributed by atoms with E-state index in [-0.39, 0.29) is 13.2 Å². The molecule has 0 saturated carbocycles. The lowest BCUT2D eigenvalue weighted by Gasteiger charge is -2.23. The lowest BCUT2D eigenvalue weighted by molar-refractivity contribution is -0.144. The Kier molecular flexibility index (Phi) is 7.74. The van der Waals surface area contributed by atoms with Gasteiger partial charge in [-0.05, 0) is 31.0 Å². The van der Waals surface area contributed by atoms with Crippen molar-refractivity contribution in [3.8, 4) is 0 Å². The first kappa shape index (κ1) is 17.4. The molecule has 0 heterocycles. The van der Waals surface area contributed by atoms with Gasteiger partial charge in [0.1, 0.15) is 6.04 Å². The standard InChI is InChI=1S/C15H24N2O4/c1-2-21-15(20)14(16)11-12-3-5-13(6-4-12)17(7-9-18)8-10-19/h3-6,14,18-19H,2,7-11,16H2,1H3/t14-/m0/s1. The van der Waals surface area contributed by atoms with Crippen molar-refractivity contribution in [3.05, 3.63) is 29.8 Å². The fourth-order valence-corrected chi connectivity index (χ4v) is 2.04. The van der Waals surface area contributed by atoms with Crippen molar-refractivity contribution < 1.29 is 19.7 Å². The smallest absolute Gasteiger partial charge is 0.323 e. The molecule has 21 heavy (non-hydrogen) atoms. The SMILES string of the molecule is CCOC(=O)[C@@H](N)Cc1ccc(N(CCO)CCO)cc1. The zero-order valence-corrected chi connectivity index (χ0v) is 12.4. The number of anilines is 1. The van der Waals surface area contributed by atoms with E-state index in [1.54, 1.807) is 6.92 Å². The largest absolute Gasteiger partial charge is 0.465 e. The van der Waals surface area contributed by atoms with Crippen molar-refractivity contribution in [1.29, 1.82) is 0 Å². The molecule has 118 valence electrons. The quantitative estimate of drug-likeness (QED) is 0.551. The summed E-state index contributed by atoms with van der Waals surface area (Å²) in [6.07, 6.45) is 0.416. The number of ether oxygens (including phenoxy) is 1. The van der Waals surface area contributed by atoms with Crippen LogP contribution in [-0.4, -0.2) is 55.1 Å². The molecule has 0 aliphatic heterocycles. The third kappa shape index (κ3) is 5.71. The highest BCUT2D eigenvalue weighted by molar-refractivity contribution is 5.75. The Bertz CT molecular complexity index is 416. The normalized spacial score (nSPS) is 12.0. The Morgan fingerprint density at radius 2 is 1.81 bits per heavy atom. The molecular weight excluding hydrogens is 272 g/mol. The maximum atomic E-state index is 11.5. The van der Waals surface area contributed by atoms with Gasteiger partial charge in [-0.2, -0.15) is 0 Å². The molecule has 1 atom stereocenters. The van der Waals surface area contributed by atoms with Crippen LogP contribution in [-0.2, 0) is 16.0 Å².